The van der Waals surface area contributed by atoms with Crippen LogP contribution in [0.2, 0.25) is 0 Å². The minimum absolute atomic E-state index is 0.0274. The molecule has 1 aliphatic carbocycles. The molecule has 1 unspecified atom stereocenters. The lowest BCUT2D eigenvalue weighted by Gasteiger charge is -2.34. The minimum Gasteiger partial charge on any atom is -0.485 e. The summed E-state index contributed by atoms with van der Waals surface area (Å²) in [5.41, 5.74) is 6.98. The van der Waals surface area contributed by atoms with Crippen molar-refractivity contribution in [1.82, 2.24) is 9.88 Å². The molecule has 0 bridgehead atoms. The highest BCUT2D eigenvalue weighted by Crippen LogP contribution is 2.48. The highest BCUT2D eigenvalue weighted by molar-refractivity contribution is 5.71. The van der Waals surface area contributed by atoms with Crippen LogP contribution in [0, 0.1) is 11.8 Å². The number of carbonyl (C=O) groups is 1. The zero-order valence-electron chi connectivity index (χ0n) is 25.3. The van der Waals surface area contributed by atoms with Crippen LogP contribution in [0.1, 0.15) is 88.2 Å². The van der Waals surface area contributed by atoms with E-state index in [9.17, 15) is 9.90 Å². The van der Waals surface area contributed by atoms with Gasteiger partial charge >= 0.3 is 5.97 Å². The third-order valence-electron chi connectivity index (χ3n) is 8.93. The van der Waals surface area contributed by atoms with Gasteiger partial charge in [0.25, 0.3) is 0 Å². The zero-order chi connectivity index (χ0) is 29.3. The monoisotopic (exact) mass is 556 g/mol. The van der Waals surface area contributed by atoms with Gasteiger partial charge in [-0.25, -0.2) is 4.98 Å². The number of fused-ring (bicyclic) bond motifs is 1. The molecule has 0 radical (unpaired) electrons. The molecule has 2 heterocycles. The molecular weight excluding hydrogens is 512 g/mol. The SMILES string of the molecule is COc1cc(-c2ccc(C3CCc4ccc([C@H](C5CC5)[C@H](C)C(=O)O)cc4O3)c(CN(C(C)C)C(C)C)c2)ccn1. The molecular formula is C35H44N2O4. The van der Waals surface area contributed by atoms with Gasteiger partial charge in [0.05, 0.1) is 13.0 Å². The first kappa shape index (κ1) is 29.1. The number of aliphatic carboxylic acids is 1. The number of ether oxygens (including phenoxy) is 2. The molecule has 0 spiro atoms. The van der Waals surface area contributed by atoms with E-state index in [0.717, 1.165) is 54.7 Å². The van der Waals surface area contributed by atoms with Gasteiger partial charge in [0, 0.05) is 30.9 Å². The number of benzene rings is 2. The second-order valence-corrected chi connectivity index (χ2v) is 12.4. The molecule has 41 heavy (non-hydrogen) atoms. The summed E-state index contributed by atoms with van der Waals surface area (Å²) in [7, 11) is 1.64. The molecule has 1 aromatic heterocycles. The Bertz CT molecular complexity index is 1370. The van der Waals surface area contributed by atoms with Gasteiger partial charge in [-0.3, -0.25) is 9.69 Å². The molecule has 6 heteroatoms. The maximum atomic E-state index is 11.9. The fraction of sp³-hybridized carbons (Fsp3) is 0.486. The van der Waals surface area contributed by atoms with Crippen LogP contribution in [0.3, 0.4) is 0 Å². The Hall–Kier alpha value is -3.38. The lowest BCUT2D eigenvalue weighted by molar-refractivity contribution is -0.142. The Morgan fingerprint density at radius 1 is 1.00 bits per heavy atom. The van der Waals surface area contributed by atoms with Crippen LogP contribution < -0.4 is 9.47 Å². The van der Waals surface area contributed by atoms with Crippen LogP contribution in [-0.4, -0.2) is 40.2 Å². The van der Waals surface area contributed by atoms with Gasteiger partial charge in [-0.1, -0.05) is 31.2 Å². The topological polar surface area (TPSA) is 71.9 Å². The quantitative estimate of drug-likeness (QED) is 0.261. The van der Waals surface area contributed by atoms with E-state index < -0.39 is 11.9 Å². The second-order valence-electron chi connectivity index (χ2n) is 12.4. The third kappa shape index (κ3) is 6.43. The van der Waals surface area contributed by atoms with Gasteiger partial charge in [0.15, 0.2) is 0 Å². The highest BCUT2D eigenvalue weighted by Gasteiger charge is 2.39. The maximum Gasteiger partial charge on any atom is 0.306 e. The molecule has 0 saturated heterocycles. The Balaban J connectivity index is 1.49. The molecule has 1 fully saturated rings. The summed E-state index contributed by atoms with van der Waals surface area (Å²) < 4.78 is 12.2. The normalized spacial score (nSPS) is 18.2. The Morgan fingerprint density at radius 2 is 1.73 bits per heavy atom. The van der Waals surface area contributed by atoms with Crippen molar-refractivity contribution < 1.29 is 19.4 Å². The van der Waals surface area contributed by atoms with Gasteiger partial charge < -0.3 is 14.6 Å². The number of carboxylic acids is 1. The summed E-state index contributed by atoms with van der Waals surface area (Å²) >= 11 is 0. The smallest absolute Gasteiger partial charge is 0.306 e. The first-order valence-corrected chi connectivity index (χ1v) is 15.1. The Labute approximate surface area is 244 Å². The molecule has 0 amide bonds. The first-order chi connectivity index (χ1) is 19.7. The number of rotatable bonds is 11. The third-order valence-corrected chi connectivity index (χ3v) is 8.93. The van der Waals surface area contributed by atoms with Crippen molar-refractivity contribution in [3.8, 4) is 22.8 Å². The predicted octanol–water partition coefficient (Wildman–Crippen LogP) is 7.66. The summed E-state index contributed by atoms with van der Waals surface area (Å²) in [5, 5.41) is 9.79. The minimum atomic E-state index is -0.727. The number of nitrogens with zero attached hydrogens (tertiary/aromatic N) is 2. The molecule has 2 aliphatic rings. The van der Waals surface area contributed by atoms with E-state index in [1.807, 2.05) is 19.1 Å². The number of hydrogen-bond acceptors (Lipinski definition) is 5. The predicted molar refractivity (Wildman–Crippen MR) is 162 cm³/mol. The van der Waals surface area contributed by atoms with Crippen molar-refractivity contribution in [2.45, 2.75) is 91.0 Å². The number of pyridine rings is 1. The molecule has 218 valence electrons. The van der Waals surface area contributed by atoms with E-state index in [2.05, 4.69) is 74.0 Å². The number of aryl methyl sites for hydroxylation is 1. The van der Waals surface area contributed by atoms with Crippen LogP contribution in [0.25, 0.3) is 11.1 Å². The molecule has 6 nitrogen and oxygen atoms in total. The van der Waals surface area contributed by atoms with E-state index in [0.29, 0.717) is 23.9 Å². The average Bonchev–Trinajstić information content (AvgIpc) is 3.80. The van der Waals surface area contributed by atoms with E-state index in [4.69, 9.17) is 9.47 Å². The molecule has 1 saturated carbocycles. The van der Waals surface area contributed by atoms with Crippen molar-refractivity contribution in [3.63, 3.8) is 0 Å². The van der Waals surface area contributed by atoms with Gasteiger partial charge in [-0.05, 0) is 117 Å². The van der Waals surface area contributed by atoms with Crippen LogP contribution in [0.5, 0.6) is 11.6 Å². The van der Waals surface area contributed by atoms with Crippen molar-refractivity contribution >= 4 is 5.97 Å². The summed E-state index contributed by atoms with van der Waals surface area (Å²) in [4.78, 5) is 18.7. The molecule has 3 atom stereocenters. The van der Waals surface area contributed by atoms with Crippen LogP contribution in [0.4, 0.5) is 0 Å². The lowest BCUT2D eigenvalue weighted by atomic mass is 9.82. The van der Waals surface area contributed by atoms with Crippen LogP contribution in [-0.2, 0) is 17.8 Å². The van der Waals surface area contributed by atoms with Crippen molar-refractivity contribution in [3.05, 3.63) is 77.0 Å². The Morgan fingerprint density at radius 3 is 2.39 bits per heavy atom. The van der Waals surface area contributed by atoms with E-state index in [1.165, 1.54) is 16.7 Å². The molecule has 5 rings (SSSR count). The number of methoxy groups -OCH3 is 1. The largest absolute Gasteiger partial charge is 0.485 e. The molecule has 3 aromatic rings. The van der Waals surface area contributed by atoms with Crippen molar-refractivity contribution in [1.29, 1.82) is 0 Å². The van der Waals surface area contributed by atoms with E-state index in [1.54, 1.807) is 13.3 Å². The number of carboxylic acid groups (broad SMARTS) is 1. The highest BCUT2D eigenvalue weighted by atomic mass is 16.5. The van der Waals surface area contributed by atoms with Crippen molar-refractivity contribution in [2.75, 3.05) is 7.11 Å². The first-order valence-electron chi connectivity index (χ1n) is 15.1. The number of hydrogen-bond donors (Lipinski definition) is 1. The Kier molecular flexibility index (Phi) is 8.69. The van der Waals surface area contributed by atoms with Gasteiger partial charge in [-0.2, -0.15) is 0 Å². The summed E-state index contributed by atoms with van der Waals surface area (Å²) in [6.07, 6.45) is 5.77. The fourth-order valence-corrected chi connectivity index (χ4v) is 6.49. The summed E-state index contributed by atoms with van der Waals surface area (Å²) in [6, 6.07) is 17.9. The second kappa shape index (κ2) is 12.2. The van der Waals surface area contributed by atoms with Crippen LogP contribution in [0.15, 0.2) is 54.7 Å². The van der Waals surface area contributed by atoms with Gasteiger partial charge in [0.2, 0.25) is 5.88 Å². The van der Waals surface area contributed by atoms with E-state index in [-0.39, 0.29) is 12.0 Å². The molecule has 1 aliphatic heterocycles. The van der Waals surface area contributed by atoms with E-state index >= 15 is 0 Å². The summed E-state index contributed by atoms with van der Waals surface area (Å²) in [5.74, 6) is 0.838. The average molecular weight is 557 g/mol. The standard InChI is InChI=1S/C35H44N2O4/c1-21(2)37(22(3)4)20-29-17-26(27-15-16-36-33(19-27)40-6)11-13-30(29)31-14-12-24-7-10-28(18-32(24)41-31)34(25-8-9-25)23(5)35(38)39/h7,10-11,13,15-19,21-23,25,31,34H,8-9,12,14,20H2,1-6H3,(H,38,39)/t23-,31?,34-/m0/s1. The molecule has 2 aromatic carbocycles. The van der Waals surface area contributed by atoms with Crippen molar-refractivity contribution in [2.24, 2.45) is 11.8 Å². The summed E-state index contributed by atoms with van der Waals surface area (Å²) in [6.45, 7) is 11.7. The zero-order valence-corrected chi connectivity index (χ0v) is 25.3. The molecule has 1 N–H and O–H groups in total. The lowest BCUT2D eigenvalue weighted by Crippen LogP contribution is -2.36. The van der Waals surface area contributed by atoms with Gasteiger partial charge in [0.1, 0.15) is 11.9 Å². The fourth-order valence-electron chi connectivity index (χ4n) is 6.49. The number of aromatic nitrogens is 1. The van der Waals surface area contributed by atoms with Crippen LogP contribution >= 0.6 is 0 Å². The van der Waals surface area contributed by atoms with Gasteiger partial charge in [-0.15, -0.1) is 0 Å². The maximum absolute atomic E-state index is 11.9.